The highest BCUT2D eigenvalue weighted by Gasteiger charge is 2.33. The monoisotopic (exact) mass is 386 g/mol. The maximum atomic E-state index is 14.9. The second kappa shape index (κ2) is 6.37. The first kappa shape index (κ1) is 17.5. The number of thiophene rings is 1. The van der Waals surface area contributed by atoms with Gasteiger partial charge in [0.05, 0.1) is 9.40 Å². The van der Waals surface area contributed by atoms with E-state index < -0.39 is 23.7 Å². The third kappa shape index (κ3) is 3.13. The fraction of sp³-hybridized carbons (Fsp3) is 0.368. The van der Waals surface area contributed by atoms with Crippen LogP contribution >= 0.6 is 11.3 Å². The third-order valence-corrected chi connectivity index (χ3v) is 6.15. The van der Waals surface area contributed by atoms with Crippen molar-refractivity contribution >= 4 is 31.5 Å². The minimum absolute atomic E-state index is 0.0290. The van der Waals surface area contributed by atoms with Gasteiger partial charge in [0.2, 0.25) is 0 Å². The topological polar surface area (TPSA) is 9.23 Å². The maximum absolute atomic E-state index is 14.9. The molecule has 1 nitrogen and oxygen atoms in total. The Kier molecular flexibility index (Phi) is 4.29. The van der Waals surface area contributed by atoms with Crippen LogP contribution in [0.1, 0.15) is 31.2 Å². The summed E-state index contributed by atoms with van der Waals surface area (Å²) in [7, 11) is 0. The summed E-state index contributed by atoms with van der Waals surface area (Å²) >= 11 is 0.830. The smallest absolute Gasteiger partial charge is 0.403 e. The Morgan fingerprint density at radius 3 is 2.19 bits per heavy atom. The van der Waals surface area contributed by atoms with Gasteiger partial charge in [0.15, 0.2) is 11.6 Å². The molecule has 0 spiro atoms. The SMILES string of the molecule is Fc1c(CC2CCCC2)ccc2c1sc1c(F)c(OC(F)(F)F)ccc12. The summed E-state index contributed by atoms with van der Waals surface area (Å²) < 4.78 is 70.5. The predicted molar refractivity (Wildman–Crippen MR) is 91.6 cm³/mol. The average molecular weight is 386 g/mol. The average Bonchev–Trinajstić information content (AvgIpc) is 3.20. The van der Waals surface area contributed by atoms with Crippen LogP contribution in [0, 0.1) is 17.6 Å². The van der Waals surface area contributed by atoms with Crippen LogP contribution in [0.15, 0.2) is 24.3 Å². The molecule has 7 heteroatoms. The number of hydrogen-bond donors (Lipinski definition) is 0. The summed E-state index contributed by atoms with van der Waals surface area (Å²) in [5.41, 5.74) is 0.586. The Morgan fingerprint density at radius 2 is 1.54 bits per heavy atom. The highest BCUT2D eigenvalue weighted by molar-refractivity contribution is 7.25. The molecular weight excluding hydrogens is 371 g/mol. The molecule has 1 aromatic heterocycles. The number of halogens is 5. The summed E-state index contributed by atoms with van der Waals surface area (Å²) in [5, 5.41) is 0.901. The molecule has 0 amide bonds. The normalized spacial score (nSPS) is 16.0. The fourth-order valence-electron chi connectivity index (χ4n) is 3.75. The van der Waals surface area contributed by atoms with Crippen molar-refractivity contribution in [1.29, 1.82) is 0 Å². The van der Waals surface area contributed by atoms with E-state index in [1.807, 2.05) is 0 Å². The predicted octanol–water partition coefficient (Wildman–Crippen LogP) is 6.96. The molecule has 1 fully saturated rings. The summed E-state index contributed by atoms with van der Waals surface area (Å²) in [6.45, 7) is 0. The van der Waals surface area contributed by atoms with Crippen LogP contribution in [0.25, 0.3) is 20.2 Å². The molecule has 4 rings (SSSR count). The molecular formula is C19H15F5OS. The molecule has 1 aliphatic rings. The lowest BCUT2D eigenvalue weighted by Gasteiger charge is -2.10. The van der Waals surface area contributed by atoms with E-state index in [0.29, 0.717) is 28.7 Å². The minimum Gasteiger partial charge on any atom is -0.403 e. The van der Waals surface area contributed by atoms with Crippen LogP contribution in [0.5, 0.6) is 5.75 Å². The third-order valence-electron chi connectivity index (χ3n) is 4.94. The molecule has 1 heterocycles. The van der Waals surface area contributed by atoms with Crippen molar-refractivity contribution in [3.8, 4) is 5.75 Å². The summed E-state index contributed by atoms with van der Waals surface area (Å²) in [6.07, 6.45) is 0.133. The van der Waals surface area contributed by atoms with Crippen molar-refractivity contribution in [3.05, 3.63) is 41.5 Å². The lowest BCUT2D eigenvalue weighted by Crippen LogP contribution is -2.17. The van der Waals surface area contributed by atoms with Gasteiger partial charge in [0.25, 0.3) is 0 Å². The van der Waals surface area contributed by atoms with Crippen molar-refractivity contribution in [1.82, 2.24) is 0 Å². The van der Waals surface area contributed by atoms with Gasteiger partial charge in [0.1, 0.15) is 5.82 Å². The first-order chi connectivity index (χ1) is 12.3. The van der Waals surface area contributed by atoms with Gasteiger partial charge in [-0.2, -0.15) is 0 Å². The number of fused-ring (bicyclic) bond motifs is 3. The van der Waals surface area contributed by atoms with E-state index in [2.05, 4.69) is 4.74 Å². The quantitative estimate of drug-likeness (QED) is 0.442. The molecule has 138 valence electrons. The lowest BCUT2D eigenvalue weighted by molar-refractivity contribution is -0.275. The van der Waals surface area contributed by atoms with E-state index in [1.54, 1.807) is 12.1 Å². The highest BCUT2D eigenvalue weighted by Crippen LogP contribution is 2.42. The van der Waals surface area contributed by atoms with Crippen LogP contribution in [-0.2, 0) is 6.42 Å². The molecule has 3 aromatic rings. The second-order valence-corrected chi connectivity index (χ2v) is 7.69. The van der Waals surface area contributed by atoms with Gasteiger partial charge in [-0.1, -0.05) is 37.8 Å². The Bertz CT molecular complexity index is 970. The minimum atomic E-state index is -4.98. The Hall–Kier alpha value is -1.89. The molecule has 0 bridgehead atoms. The second-order valence-electron chi connectivity index (χ2n) is 6.67. The number of alkyl halides is 3. The Balaban J connectivity index is 1.80. The van der Waals surface area contributed by atoms with E-state index in [0.717, 1.165) is 43.1 Å². The van der Waals surface area contributed by atoms with Crippen LogP contribution in [0.2, 0.25) is 0 Å². The summed E-state index contributed by atoms with van der Waals surface area (Å²) in [4.78, 5) is 0. The van der Waals surface area contributed by atoms with E-state index in [-0.39, 0.29) is 9.40 Å². The van der Waals surface area contributed by atoms with Gasteiger partial charge in [-0.25, -0.2) is 8.78 Å². The highest BCUT2D eigenvalue weighted by atomic mass is 32.1. The van der Waals surface area contributed by atoms with Crippen molar-refractivity contribution in [2.45, 2.75) is 38.5 Å². The largest absolute Gasteiger partial charge is 0.573 e. The van der Waals surface area contributed by atoms with E-state index >= 15 is 0 Å². The van der Waals surface area contributed by atoms with Gasteiger partial charge >= 0.3 is 6.36 Å². The number of ether oxygens (including phenoxy) is 1. The van der Waals surface area contributed by atoms with Gasteiger partial charge < -0.3 is 4.74 Å². The number of benzene rings is 2. The van der Waals surface area contributed by atoms with E-state index in [9.17, 15) is 22.0 Å². The zero-order chi connectivity index (χ0) is 18.5. The zero-order valence-corrected chi connectivity index (χ0v) is 14.4. The first-order valence-corrected chi connectivity index (χ1v) is 9.23. The van der Waals surface area contributed by atoms with Crippen LogP contribution in [0.4, 0.5) is 22.0 Å². The lowest BCUT2D eigenvalue weighted by atomic mass is 9.97. The zero-order valence-electron chi connectivity index (χ0n) is 13.6. The molecule has 1 saturated carbocycles. The fourth-order valence-corrected chi connectivity index (χ4v) is 4.94. The van der Waals surface area contributed by atoms with E-state index in [1.165, 1.54) is 6.07 Å². The first-order valence-electron chi connectivity index (χ1n) is 8.41. The molecule has 0 N–H and O–H groups in total. The number of rotatable bonds is 3. The van der Waals surface area contributed by atoms with Gasteiger partial charge in [-0.3, -0.25) is 0 Å². The van der Waals surface area contributed by atoms with Gasteiger partial charge in [-0.15, -0.1) is 24.5 Å². The maximum Gasteiger partial charge on any atom is 0.573 e. The van der Waals surface area contributed by atoms with Crippen molar-refractivity contribution < 1.29 is 26.7 Å². The molecule has 1 aliphatic carbocycles. The van der Waals surface area contributed by atoms with Crippen LogP contribution in [0.3, 0.4) is 0 Å². The standard InChI is InChI=1S/C19H15F5OS/c20-15-11(9-10-3-1-2-4-10)5-6-12-13-7-8-14(25-19(22,23)24)16(21)18(13)26-17(12)15/h5-8,10H,1-4,9H2. The Labute approximate surface area is 150 Å². The molecule has 0 unspecified atom stereocenters. The van der Waals surface area contributed by atoms with Crippen LogP contribution in [-0.4, -0.2) is 6.36 Å². The molecule has 26 heavy (non-hydrogen) atoms. The van der Waals surface area contributed by atoms with Crippen molar-refractivity contribution in [3.63, 3.8) is 0 Å². The van der Waals surface area contributed by atoms with Gasteiger partial charge in [0, 0.05) is 10.8 Å². The summed E-state index contributed by atoms with van der Waals surface area (Å²) in [6, 6.07) is 5.71. The Morgan fingerprint density at radius 1 is 0.923 bits per heavy atom. The number of hydrogen-bond acceptors (Lipinski definition) is 2. The molecule has 2 aromatic carbocycles. The van der Waals surface area contributed by atoms with Gasteiger partial charge in [-0.05, 0) is 30.0 Å². The molecule has 0 saturated heterocycles. The molecule has 0 aliphatic heterocycles. The summed E-state index contributed by atoms with van der Waals surface area (Å²) in [5.74, 6) is -1.95. The van der Waals surface area contributed by atoms with E-state index in [4.69, 9.17) is 0 Å². The van der Waals surface area contributed by atoms with Crippen LogP contribution < -0.4 is 4.74 Å². The molecule has 0 radical (unpaired) electrons. The molecule has 0 atom stereocenters. The van der Waals surface area contributed by atoms with Crippen molar-refractivity contribution in [2.24, 2.45) is 5.92 Å². The van der Waals surface area contributed by atoms with Crippen molar-refractivity contribution in [2.75, 3.05) is 0 Å².